The summed E-state index contributed by atoms with van der Waals surface area (Å²) in [5.41, 5.74) is 1.80. The number of amides is 2. The zero-order chi connectivity index (χ0) is 33.6. The maximum absolute atomic E-state index is 13.1. The third-order valence-electron chi connectivity index (χ3n) is 6.95. The van der Waals surface area contributed by atoms with Crippen LogP contribution in [0.3, 0.4) is 0 Å². The lowest BCUT2D eigenvalue weighted by Crippen LogP contribution is -2.51. The van der Waals surface area contributed by atoms with Crippen LogP contribution in [0.1, 0.15) is 64.5 Å². The fourth-order valence-electron chi connectivity index (χ4n) is 4.25. The van der Waals surface area contributed by atoms with Crippen molar-refractivity contribution in [3.05, 3.63) is 105 Å². The number of thiophene rings is 1. The Bertz CT molecular complexity index is 1710. The number of hydrogen-bond donors (Lipinski definition) is 3. The molecule has 2 aromatic carbocycles. The number of rotatable bonds is 10. The fraction of sp³-hybridized carbons (Fsp3) is 0.265. The van der Waals surface area contributed by atoms with Gasteiger partial charge in [-0.3, -0.25) is 14.4 Å². The van der Waals surface area contributed by atoms with Crippen molar-refractivity contribution in [3.63, 3.8) is 0 Å². The second-order valence-corrected chi connectivity index (χ2v) is 12.8. The molecule has 0 aliphatic carbocycles. The van der Waals surface area contributed by atoms with Crippen LogP contribution in [0.15, 0.2) is 73.1 Å². The number of benzene rings is 2. The van der Waals surface area contributed by atoms with Gasteiger partial charge >= 0.3 is 12.1 Å². The number of carboxylic acid groups (broad SMARTS) is 1. The summed E-state index contributed by atoms with van der Waals surface area (Å²) < 4.78 is 38.3. The van der Waals surface area contributed by atoms with Gasteiger partial charge in [-0.2, -0.15) is 13.2 Å². The summed E-state index contributed by atoms with van der Waals surface area (Å²) in [6, 6.07) is 13.3. The van der Waals surface area contributed by atoms with E-state index in [1.54, 1.807) is 54.9 Å². The third-order valence-corrected chi connectivity index (χ3v) is 8.46. The highest BCUT2D eigenvalue weighted by atomic mass is 32.1. The van der Waals surface area contributed by atoms with Gasteiger partial charge in [-0.25, -0.2) is 9.97 Å². The Hall–Kier alpha value is -4.84. The number of carbonyl (C=O) groups is 3. The normalized spacial score (nSPS) is 13.3. The number of carbonyl (C=O) groups excluding carboxylic acids is 2. The Morgan fingerprint density at radius 2 is 1.48 bits per heavy atom. The molecule has 0 bridgehead atoms. The topological polar surface area (TPSA) is 121 Å². The number of aromatic nitrogens is 2. The van der Waals surface area contributed by atoms with Gasteiger partial charge < -0.3 is 15.7 Å². The van der Waals surface area contributed by atoms with Gasteiger partial charge in [0, 0.05) is 34.8 Å². The SMILES string of the molecule is C[C@@H](NC(=O)[C@H](Cc1ccc(-c2ncc(/C=C/c3ccc(C(F)(F)F)cc3)cn2)cc1)NC(=O)c1ccc(C(C)(C)C)s1)C(=O)O. The van der Waals surface area contributed by atoms with E-state index in [0.29, 0.717) is 33.0 Å². The van der Waals surface area contributed by atoms with E-state index >= 15 is 0 Å². The highest BCUT2D eigenvalue weighted by Crippen LogP contribution is 2.30. The summed E-state index contributed by atoms with van der Waals surface area (Å²) >= 11 is 1.34. The summed E-state index contributed by atoms with van der Waals surface area (Å²) in [5, 5.41) is 14.5. The average Bonchev–Trinajstić information content (AvgIpc) is 3.52. The fourth-order valence-corrected chi connectivity index (χ4v) is 5.22. The second-order valence-electron chi connectivity index (χ2n) is 11.7. The van der Waals surface area contributed by atoms with Gasteiger partial charge in [-0.05, 0) is 47.7 Å². The molecule has 0 saturated heterocycles. The first-order valence-electron chi connectivity index (χ1n) is 14.3. The van der Waals surface area contributed by atoms with E-state index in [-0.39, 0.29) is 11.8 Å². The van der Waals surface area contributed by atoms with Crippen molar-refractivity contribution in [1.29, 1.82) is 0 Å². The molecular formula is C34H33F3N4O4S. The van der Waals surface area contributed by atoms with E-state index in [1.807, 2.05) is 26.8 Å². The van der Waals surface area contributed by atoms with Crippen LogP contribution in [-0.4, -0.2) is 44.9 Å². The molecule has 2 aromatic heterocycles. The zero-order valence-corrected chi connectivity index (χ0v) is 26.4. The molecular weight excluding hydrogens is 617 g/mol. The molecule has 0 spiro atoms. The molecule has 2 heterocycles. The largest absolute Gasteiger partial charge is 0.480 e. The number of hydrogen-bond acceptors (Lipinski definition) is 6. The number of carboxylic acids is 1. The first-order chi connectivity index (χ1) is 21.6. The Balaban J connectivity index is 1.45. The maximum Gasteiger partial charge on any atom is 0.416 e. The summed E-state index contributed by atoms with van der Waals surface area (Å²) in [4.78, 5) is 47.7. The molecule has 46 heavy (non-hydrogen) atoms. The van der Waals surface area contributed by atoms with Crippen molar-refractivity contribution in [1.82, 2.24) is 20.6 Å². The van der Waals surface area contributed by atoms with Crippen molar-refractivity contribution in [2.45, 2.75) is 57.8 Å². The Morgan fingerprint density at radius 1 is 0.870 bits per heavy atom. The predicted octanol–water partition coefficient (Wildman–Crippen LogP) is 6.62. The molecule has 12 heteroatoms. The zero-order valence-electron chi connectivity index (χ0n) is 25.6. The highest BCUT2D eigenvalue weighted by Gasteiger charge is 2.30. The quantitative estimate of drug-likeness (QED) is 0.177. The van der Waals surface area contributed by atoms with Gasteiger partial charge in [0.2, 0.25) is 5.91 Å². The van der Waals surface area contributed by atoms with Crippen LogP contribution in [0.5, 0.6) is 0 Å². The molecule has 0 fully saturated rings. The van der Waals surface area contributed by atoms with Gasteiger partial charge in [0.25, 0.3) is 5.91 Å². The highest BCUT2D eigenvalue weighted by molar-refractivity contribution is 7.14. The minimum Gasteiger partial charge on any atom is -0.480 e. The van der Waals surface area contributed by atoms with Crippen LogP contribution in [0, 0.1) is 0 Å². The Labute approximate surface area is 268 Å². The van der Waals surface area contributed by atoms with Crippen molar-refractivity contribution in [3.8, 4) is 11.4 Å². The monoisotopic (exact) mass is 650 g/mol. The second kappa shape index (κ2) is 14.1. The van der Waals surface area contributed by atoms with Crippen molar-refractivity contribution < 1.29 is 32.7 Å². The molecule has 0 saturated carbocycles. The molecule has 3 N–H and O–H groups in total. The average molecular weight is 651 g/mol. The van der Waals surface area contributed by atoms with E-state index in [2.05, 4.69) is 20.6 Å². The van der Waals surface area contributed by atoms with Crippen molar-refractivity contribution in [2.75, 3.05) is 0 Å². The number of nitrogens with one attached hydrogen (secondary N) is 2. The molecule has 2 amide bonds. The van der Waals surface area contributed by atoms with Gasteiger partial charge in [0.15, 0.2) is 5.82 Å². The van der Waals surface area contributed by atoms with Gasteiger partial charge in [0.1, 0.15) is 12.1 Å². The van der Waals surface area contributed by atoms with Crippen LogP contribution >= 0.6 is 11.3 Å². The molecule has 2 atom stereocenters. The van der Waals surface area contributed by atoms with Crippen molar-refractivity contribution >= 4 is 41.3 Å². The standard InChI is InChI=1S/C34H33F3N4O4S/c1-20(32(44)45)40-30(42)26(41-31(43)27-15-16-28(46-27)33(2,3)4)17-22-7-11-24(12-8-22)29-38-18-23(19-39-29)6-5-21-9-13-25(14-10-21)34(35,36)37/h5-16,18-20,26H,17H2,1-4H3,(H,40,42)(H,41,43)(H,44,45)/b6-5+/t20-,26+/m1/s1. The summed E-state index contributed by atoms with van der Waals surface area (Å²) in [5.74, 6) is -1.82. The van der Waals surface area contributed by atoms with Crippen molar-refractivity contribution in [2.24, 2.45) is 0 Å². The van der Waals surface area contributed by atoms with Crippen LogP contribution in [0.2, 0.25) is 0 Å². The van der Waals surface area contributed by atoms with E-state index in [1.165, 1.54) is 30.4 Å². The molecule has 8 nitrogen and oxygen atoms in total. The lowest BCUT2D eigenvalue weighted by molar-refractivity contribution is -0.141. The Kier molecular flexibility index (Phi) is 10.4. The number of nitrogens with zero attached hydrogens (tertiary/aromatic N) is 2. The molecule has 0 aliphatic rings. The molecule has 0 unspecified atom stereocenters. The van der Waals surface area contributed by atoms with Gasteiger partial charge in [0.05, 0.1) is 10.4 Å². The first-order valence-corrected chi connectivity index (χ1v) is 15.1. The van der Waals surface area contributed by atoms with E-state index < -0.39 is 41.6 Å². The van der Waals surface area contributed by atoms with Crippen LogP contribution in [0.4, 0.5) is 13.2 Å². The number of aliphatic carboxylic acids is 1. The number of alkyl halides is 3. The number of halogens is 3. The smallest absolute Gasteiger partial charge is 0.416 e. The third kappa shape index (κ3) is 9.10. The predicted molar refractivity (Wildman–Crippen MR) is 171 cm³/mol. The summed E-state index contributed by atoms with van der Waals surface area (Å²) in [6.07, 6.45) is 2.25. The van der Waals surface area contributed by atoms with E-state index in [4.69, 9.17) is 0 Å². The maximum atomic E-state index is 13.1. The first kappa shape index (κ1) is 34.0. The lowest BCUT2D eigenvalue weighted by Gasteiger charge is -2.20. The van der Waals surface area contributed by atoms with E-state index in [0.717, 1.165) is 17.0 Å². The lowest BCUT2D eigenvalue weighted by atomic mass is 9.95. The van der Waals surface area contributed by atoms with Crippen LogP contribution < -0.4 is 10.6 Å². The van der Waals surface area contributed by atoms with Crippen LogP contribution in [0.25, 0.3) is 23.5 Å². The molecule has 0 aliphatic heterocycles. The van der Waals surface area contributed by atoms with Gasteiger partial charge in [-0.15, -0.1) is 11.3 Å². The Morgan fingerprint density at radius 3 is 2.02 bits per heavy atom. The van der Waals surface area contributed by atoms with E-state index in [9.17, 15) is 32.7 Å². The van der Waals surface area contributed by atoms with Gasteiger partial charge in [-0.1, -0.05) is 69.3 Å². The summed E-state index contributed by atoms with van der Waals surface area (Å²) in [7, 11) is 0. The summed E-state index contributed by atoms with van der Waals surface area (Å²) in [6.45, 7) is 7.46. The minimum absolute atomic E-state index is 0.107. The molecule has 4 aromatic rings. The molecule has 4 rings (SSSR count). The minimum atomic E-state index is -4.39. The molecule has 240 valence electrons. The van der Waals surface area contributed by atoms with Crippen LogP contribution in [-0.2, 0) is 27.6 Å². The molecule has 0 radical (unpaired) electrons.